The molecule has 0 radical (unpaired) electrons. The summed E-state index contributed by atoms with van der Waals surface area (Å²) in [6.07, 6.45) is 20.7. The van der Waals surface area contributed by atoms with Gasteiger partial charge in [-0.2, -0.15) is 0 Å². The van der Waals surface area contributed by atoms with Crippen molar-refractivity contribution in [2.24, 2.45) is 63.1 Å². The first kappa shape index (κ1) is 29.7. The zero-order valence-electron chi connectivity index (χ0n) is 27.0. The van der Waals surface area contributed by atoms with E-state index in [0.29, 0.717) is 28.8 Å². The molecule has 0 heterocycles. The fourth-order valence-electron chi connectivity index (χ4n) is 13.5. The molecule has 7 fully saturated rings. The fourth-order valence-corrected chi connectivity index (χ4v) is 13.5. The smallest absolute Gasteiger partial charge is 0.155 e. The van der Waals surface area contributed by atoms with Crippen molar-refractivity contribution in [3.05, 3.63) is 11.6 Å². The molecule has 0 aliphatic heterocycles. The number of carbonyl (C=O) groups is 2. The Hall–Kier alpha value is -1.00. The van der Waals surface area contributed by atoms with Gasteiger partial charge < -0.3 is 10.2 Å². The minimum absolute atomic E-state index is 0.0677. The van der Waals surface area contributed by atoms with Crippen LogP contribution in [0.2, 0.25) is 0 Å². The number of fused-ring (bicyclic) bond motifs is 10. The first-order chi connectivity index (χ1) is 19.9. The lowest BCUT2D eigenvalue weighted by Crippen LogP contribution is -2.54. The molecule has 9 unspecified atom stereocenters. The number of aliphatic hydroxyl groups is 2. The molecule has 0 aromatic heterocycles. The third-order valence-corrected chi connectivity index (χ3v) is 16.3. The van der Waals surface area contributed by atoms with E-state index in [9.17, 15) is 19.8 Å². The zero-order chi connectivity index (χ0) is 29.7. The number of ketones is 2. The van der Waals surface area contributed by atoms with E-state index >= 15 is 0 Å². The molecule has 13 atom stereocenters. The van der Waals surface area contributed by atoms with Crippen molar-refractivity contribution >= 4 is 11.6 Å². The van der Waals surface area contributed by atoms with Gasteiger partial charge in [0.05, 0.1) is 12.2 Å². The van der Waals surface area contributed by atoms with Crippen LogP contribution in [0.1, 0.15) is 137 Å². The Morgan fingerprint density at radius 1 is 0.595 bits per heavy atom. The number of rotatable bonds is 0. The lowest BCUT2D eigenvalue weighted by molar-refractivity contribution is -0.141. The van der Waals surface area contributed by atoms with Crippen LogP contribution in [0.15, 0.2) is 11.6 Å². The summed E-state index contributed by atoms with van der Waals surface area (Å²) in [5.74, 6) is 6.10. The van der Waals surface area contributed by atoms with E-state index in [1.54, 1.807) is 0 Å². The molecule has 0 spiro atoms. The van der Waals surface area contributed by atoms with Crippen molar-refractivity contribution in [1.29, 1.82) is 0 Å². The highest BCUT2D eigenvalue weighted by atomic mass is 16.3. The van der Waals surface area contributed by atoms with Crippen LogP contribution in [-0.4, -0.2) is 34.0 Å². The van der Waals surface area contributed by atoms with E-state index in [1.165, 1.54) is 63.4 Å². The van der Waals surface area contributed by atoms with Gasteiger partial charge in [-0.1, -0.05) is 33.3 Å². The van der Waals surface area contributed by atoms with E-state index < -0.39 is 0 Å². The molecule has 8 aliphatic carbocycles. The van der Waals surface area contributed by atoms with Gasteiger partial charge in [0.2, 0.25) is 0 Å². The van der Waals surface area contributed by atoms with Gasteiger partial charge in [0.15, 0.2) is 5.78 Å². The molecular formula is C38H58O4. The summed E-state index contributed by atoms with van der Waals surface area (Å²) >= 11 is 0. The Labute approximate surface area is 254 Å². The molecule has 4 nitrogen and oxygen atoms in total. The summed E-state index contributed by atoms with van der Waals surface area (Å²) in [5, 5.41) is 20.9. The van der Waals surface area contributed by atoms with Crippen LogP contribution >= 0.6 is 0 Å². The first-order valence-electron chi connectivity index (χ1n) is 18.0. The van der Waals surface area contributed by atoms with Crippen LogP contribution in [-0.2, 0) is 9.59 Å². The number of hydrogen-bond acceptors (Lipinski definition) is 4. The second-order valence-corrected chi connectivity index (χ2v) is 17.6. The highest BCUT2D eigenvalue weighted by molar-refractivity contribution is 5.91. The average molecular weight is 579 g/mol. The standard InChI is InChI=1S/C19H30O2.C19H28O2/c2*1-18-9-7-13(20)11-12(18)3-4-14-15-5-6-17(21)19(15,2)10-8-16(14)18/h12,14-17,21H,3-11H2,1-2H3;11,14-17,21H,3-10H2,1-2H3/t12?,14?,15?,16?,17?,18-,19-;14?,15?,16?,17?,18-,19-/m00/s1. The topological polar surface area (TPSA) is 74.6 Å². The number of aliphatic hydroxyl groups excluding tert-OH is 2. The highest BCUT2D eigenvalue weighted by Gasteiger charge is 2.61. The molecule has 0 bridgehead atoms. The number of carbonyl (C=O) groups excluding carboxylic acids is 2. The van der Waals surface area contributed by atoms with Gasteiger partial charge in [-0.25, -0.2) is 0 Å². The van der Waals surface area contributed by atoms with Crippen LogP contribution in [0.25, 0.3) is 0 Å². The molecule has 8 aliphatic rings. The summed E-state index contributed by atoms with van der Waals surface area (Å²) in [6, 6.07) is 0. The van der Waals surface area contributed by atoms with Gasteiger partial charge >= 0.3 is 0 Å². The van der Waals surface area contributed by atoms with Crippen LogP contribution in [0.4, 0.5) is 0 Å². The van der Waals surface area contributed by atoms with Crippen molar-refractivity contribution in [3.8, 4) is 0 Å². The normalized spacial score (nSPS) is 54.6. The van der Waals surface area contributed by atoms with Gasteiger partial charge in [-0.15, -0.1) is 0 Å². The summed E-state index contributed by atoms with van der Waals surface area (Å²) in [7, 11) is 0. The summed E-state index contributed by atoms with van der Waals surface area (Å²) in [5.41, 5.74) is 2.48. The number of allylic oxidation sites excluding steroid dienone is 1. The molecule has 0 saturated heterocycles. The molecule has 234 valence electrons. The van der Waals surface area contributed by atoms with Crippen molar-refractivity contribution in [1.82, 2.24) is 0 Å². The molecule has 4 heteroatoms. The van der Waals surface area contributed by atoms with Gasteiger partial charge in [0.1, 0.15) is 5.78 Å². The fraction of sp³-hybridized carbons (Fsp3) is 0.895. The maximum Gasteiger partial charge on any atom is 0.155 e. The number of Topliss-reactive ketones (excluding diaryl/α,β-unsaturated/α-hetero) is 1. The van der Waals surface area contributed by atoms with Gasteiger partial charge in [-0.05, 0) is 159 Å². The third-order valence-electron chi connectivity index (χ3n) is 16.3. The lowest BCUT2D eigenvalue weighted by atomic mass is 9.45. The first-order valence-corrected chi connectivity index (χ1v) is 18.0. The summed E-state index contributed by atoms with van der Waals surface area (Å²) in [6.45, 7) is 9.61. The predicted molar refractivity (Wildman–Crippen MR) is 165 cm³/mol. The summed E-state index contributed by atoms with van der Waals surface area (Å²) in [4.78, 5) is 23.7. The minimum atomic E-state index is -0.0823. The summed E-state index contributed by atoms with van der Waals surface area (Å²) < 4.78 is 0. The van der Waals surface area contributed by atoms with Crippen molar-refractivity contribution in [2.45, 2.75) is 149 Å². The van der Waals surface area contributed by atoms with Crippen molar-refractivity contribution in [2.75, 3.05) is 0 Å². The Morgan fingerprint density at radius 2 is 1.19 bits per heavy atom. The Kier molecular flexibility index (Phi) is 7.26. The highest BCUT2D eigenvalue weighted by Crippen LogP contribution is 2.67. The third kappa shape index (κ3) is 4.26. The van der Waals surface area contributed by atoms with Crippen molar-refractivity contribution < 1.29 is 19.8 Å². The minimum Gasteiger partial charge on any atom is -0.393 e. The van der Waals surface area contributed by atoms with Gasteiger partial charge in [0.25, 0.3) is 0 Å². The van der Waals surface area contributed by atoms with E-state index in [0.717, 1.165) is 81.0 Å². The molecule has 0 amide bonds. The van der Waals surface area contributed by atoms with Gasteiger partial charge in [-0.3, -0.25) is 9.59 Å². The molecule has 2 N–H and O–H groups in total. The maximum absolute atomic E-state index is 11.9. The quantitative estimate of drug-likeness (QED) is 0.307. The molecule has 0 aromatic rings. The monoisotopic (exact) mass is 578 g/mol. The van der Waals surface area contributed by atoms with Crippen molar-refractivity contribution in [3.63, 3.8) is 0 Å². The largest absolute Gasteiger partial charge is 0.393 e. The van der Waals surface area contributed by atoms with E-state index in [-0.39, 0.29) is 28.5 Å². The molecule has 8 rings (SSSR count). The zero-order valence-corrected chi connectivity index (χ0v) is 27.0. The molecular weight excluding hydrogens is 520 g/mol. The number of hydrogen-bond donors (Lipinski definition) is 2. The Morgan fingerprint density at radius 3 is 1.86 bits per heavy atom. The van der Waals surface area contributed by atoms with E-state index in [2.05, 4.69) is 27.7 Å². The SMILES string of the molecule is C[C@]12CCC(=O)CC1CCC1C2CC[C@]2(C)C(O)CCC12.C[C@]12CCC3C(CCC4=CC(=O)CC[C@@]43C)C1CCC2O. The molecule has 0 aromatic carbocycles. The second-order valence-electron chi connectivity index (χ2n) is 17.6. The molecule has 7 saturated carbocycles. The van der Waals surface area contributed by atoms with Crippen LogP contribution in [0, 0.1) is 63.1 Å². The second kappa shape index (κ2) is 10.3. The van der Waals surface area contributed by atoms with Crippen LogP contribution < -0.4 is 0 Å². The average Bonchev–Trinajstić information content (AvgIpc) is 3.44. The molecule has 42 heavy (non-hydrogen) atoms. The van der Waals surface area contributed by atoms with Crippen LogP contribution in [0.3, 0.4) is 0 Å². The Balaban J connectivity index is 0.000000137. The maximum atomic E-state index is 11.9. The van der Waals surface area contributed by atoms with E-state index in [1.807, 2.05) is 6.08 Å². The Bertz CT molecular complexity index is 1140. The lowest BCUT2D eigenvalue weighted by Gasteiger charge is -2.60. The van der Waals surface area contributed by atoms with Crippen LogP contribution in [0.5, 0.6) is 0 Å². The van der Waals surface area contributed by atoms with E-state index in [4.69, 9.17) is 0 Å². The van der Waals surface area contributed by atoms with Gasteiger partial charge in [0, 0.05) is 19.3 Å². The predicted octanol–water partition coefficient (Wildman–Crippen LogP) is 7.84.